The smallest absolute Gasteiger partial charge is 0.387 e. The molecule has 0 radical (unpaired) electrons. The number of benzene rings is 1. The van der Waals surface area contributed by atoms with E-state index < -0.39 is 63.8 Å². The molecule has 188 valence electrons. The summed E-state index contributed by atoms with van der Waals surface area (Å²) in [5, 5.41) is 25.0. The number of nitrogens with zero attached hydrogens (tertiary/aromatic N) is 3. The lowest BCUT2D eigenvalue weighted by Gasteiger charge is -2.18. The Morgan fingerprint density at radius 2 is 2.00 bits per heavy atom. The quantitative estimate of drug-likeness (QED) is 0.399. The Bertz CT molecular complexity index is 1440. The van der Waals surface area contributed by atoms with Crippen LogP contribution in [0.15, 0.2) is 44.6 Å². The Morgan fingerprint density at radius 1 is 1.26 bits per heavy atom. The van der Waals surface area contributed by atoms with Gasteiger partial charge in [-0.2, -0.15) is 0 Å². The lowest BCUT2D eigenvalue weighted by atomic mass is 10.1. The second-order valence-corrected chi connectivity index (χ2v) is 11.2. The van der Waals surface area contributed by atoms with Crippen LogP contribution in [0.2, 0.25) is 0 Å². The highest BCUT2D eigenvalue weighted by Gasteiger charge is 2.45. The lowest BCUT2D eigenvalue weighted by molar-refractivity contribution is -0.0527. The SMILES string of the molecule is C[P+](=O)OP(C)(=O)OC[C@H]1O[C@@H](n2ccc(=O)n(Cc3noc4cc(F)ccc34)c2=O)C(O)[C@H]1O. The van der Waals surface area contributed by atoms with Crippen LogP contribution in [0.1, 0.15) is 11.9 Å². The maximum absolute atomic E-state index is 13.4. The highest BCUT2D eigenvalue weighted by atomic mass is 31.2. The molecule has 3 heterocycles. The fourth-order valence-corrected chi connectivity index (χ4v) is 5.91. The van der Waals surface area contributed by atoms with E-state index in [0.29, 0.717) is 5.39 Å². The zero-order valence-corrected chi connectivity index (χ0v) is 20.2. The average Bonchev–Trinajstić information content (AvgIpc) is 3.29. The summed E-state index contributed by atoms with van der Waals surface area (Å²) >= 11 is 0. The van der Waals surface area contributed by atoms with Crippen molar-refractivity contribution in [3.05, 3.63) is 62.8 Å². The topological polar surface area (TPSA) is 172 Å². The van der Waals surface area contributed by atoms with Gasteiger partial charge >= 0.3 is 21.3 Å². The molecule has 0 saturated carbocycles. The Balaban J connectivity index is 1.58. The molecule has 0 bridgehead atoms. The minimum atomic E-state index is -3.73. The van der Waals surface area contributed by atoms with Gasteiger partial charge < -0.3 is 24.0 Å². The van der Waals surface area contributed by atoms with Crippen molar-refractivity contribution in [1.29, 1.82) is 0 Å². The van der Waals surface area contributed by atoms with Gasteiger partial charge in [-0.3, -0.25) is 18.5 Å². The number of fused-ring (bicyclic) bond motifs is 1. The van der Waals surface area contributed by atoms with Gasteiger partial charge in [0, 0.05) is 30.4 Å². The van der Waals surface area contributed by atoms with Crippen LogP contribution in [0.5, 0.6) is 0 Å². The van der Waals surface area contributed by atoms with Crippen LogP contribution in [0.25, 0.3) is 11.0 Å². The van der Waals surface area contributed by atoms with Gasteiger partial charge in [-0.1, -0.05) is 9.47 Å². The number of aromatic nitrogens is 3. The van der Waals surface area contributed by atoms with Crippen molar-refractivity contribution >= 4 is 26.6 Å². The molecule has 13 nitrogen and oxygen atoms in total. The first-order chi connectivity index (χ1) is 16.5. The number of hydrogen-bond donors (Lipinski definition) is 2. The molecule has 3 aromatic rings. The summed E-state index contributed by atoms with van der Waals surface area (Å²) in [6, 6.07) is 4.75. The first-order valence-electron chi connectivity index (χ1n) is 10.2. The highest BCUT2D eigenvalue weighted by Crippen LogP contribution is 2.51. The predicted molar refractivity (Wildman–Crippen MR) is 118 cm³/mol. The second-order valence-electron chi connectivity index (χ2n) is 7.83. The van der Waals surface area contributed by atoms with Crippen molar-refractivity contribution < 1.29 is 41.8 Å². The molecule has 6 atom stereocenters. The average molecular weight is 532 g/mol. The standard InChI is InChI=1S/C19H21FN3O10P2/c1-34(28)33-35(2,29)30-9-14-16(25)17(26)18(31-14)22-6-5-15(24)23(19(22)27)8-12-11-4-3-10(20)7-13(11)32-21-12/h3-7,14,16-18,25-26H,8-9H2,1-2H3/q+1/t14-,16+,17?,18-,35?/m1/s1. The summed E-state index contributed by atoms with van der Waals surface area (Å²) in [5.41, 5.74) is -1.24. The van der Waals surface area contributed by atoms with E-state index in [2.05, 4.69) is 5.16 Å². The number of ether oxygens (including phenoxy) is 1. The first kappa shape index (κ1) is 25.5. The van der Waals surface area contributed by atoms with E-state index in [1.807, 2.05) is 0 Å². The van der Waals surface area contributed by atoms with Gasteiger partial charge in [-0.15, -0.1) is 0 Å². The van der Waals surface area contributed by atoms with E-state index in [9.17, 15) is 33.3 Å². The van der Waals surface area contributed by atoms with E-state index in [1.54, 1.807) is 0 Å². The Kier molecular flexibility index (Phi) is 7.16. The van der Waals surface area contributed by atoms with Crippen LogP contribution in [0.3, 0.4) is 0 Å². The molecule has 2 N–H and O–H groups in total. The fourth-order valence-electron chi connectivity index (χ4n) is 3.64. The Labute approximate surface area is 197 Å². The second kappa shape index (κ2) is 9.82. The zero-order valence-electron chi connectivity index (χ0n) is 18.4. The van der Waals surface area contributed by atoms with Crippen LogP contribution in [0, 0.1) is 5.82 Å². The fraction of sp³-hybridized carbons (Fsp3) is 0.421. The van der Waals surface area contributed by atoms with Gasteiger partial charge in [0.05, 0.1) is 13.2 Å². The minimum Gasteiger partial charge on any atom is -0.387 e. The largest absolute Gasteiger partial charge is 0.513 e. The van der Waals surface area contributed by atoms with Crippen LogP contribution < -0.4 is 11.2 Å². The van der Waals surface area contributed by atoms with Gasteiger partial charge in [0.2, 0.25) is 0 Å². The number of aliphatic hydroxyl groups is 2. The Hall–Kier alpha value is -2.57. The summed E-state index contributed by atoms with van der Waals surface area (Å²) in [6.07, 6.45) is -4.69. The molecule has 4 rings (SSSR count). The van der Waals surface area contributed by atoms with Crippen molar-refractivity contribution in [3.63, 3.8) is 0 Å². The molecule has 0 aliphatic carbocycles. The number of hydrogen-bond acceptors (Lipinski definition) is 11. The molecule has 1 saturated heterocycles. The van der Waals surface area contributed by atoms with E-state index in [4.69, 9.17) is 18.1 Å². The van der Waals surface area contributed by atoms with Gasteiger partial charge in [0.25, 0.3) is 5.56 Å². The van der Waals surface area contributed by atoms with Crippen LogP contribution >= 0.6 is 15.6 Å². The molecular formula is C19H21FN3O10P2+. The predicted octanol–water partition coefficient (Wildman–Crippen LogP) is 1.19. The first-order valence-corrected chi connectivity index (χ1v) is 13.8. The Morgan fingerprint density at radius 3 is 2.71 bits per heavy atom. The molecule has 2 aromatic heterocycles. The normalized spacial score (nSPS) is 24.5. The molecule has 1 fully saturated rings. The van der Waals surface area contributed by atoms with Gasteiger partial charge in [-0.25, -0.2) is 9.18 Å². The third-order valence-corrected chi connectivity index (χ3v) is 7.98. The highest BCUT2D eigenvalue weighted by molar-refractivity contribution is 7.61. The van der Waals surface area contributed by atoms with E-state index in [-0.39, 0.29) is 17.8 Å². The van der Waals surface area contributed by atoms with Crippen molar-refractivity contribution in [2.24, 2.45) is 0 Å². The third-order valence-electron chi connectivity index (χ3n) is 5.26. The molecule has 3 unspecified atom stereocenters. The van der Waals surface area contributed by atoms with Crippen molar-refractivity contribution in [2.45, 2.75) is 31.1 Å². The molecule has 0 amide bonds. The summed E-state index contributed by atoms with van der Waals surface area (Å²) in [7, 11) is -5.95. The zero-order chi connectivity index (χ0) is 25.5. The maximum atomic E-state index is 13.4. The molecule has 1 aromatic carbocycles. The number of halogens is 1. The molecule has 16 heteroatoms. The third kappa shape index (κ3) is 5.34. The molecule has 1 aliphatic rings. The molecule has 0 spiro atoms. The minimum absolute atomic E-state index is 0.134. The molecule has 1 aliphatic heterocycles. The van der Waals surface area contributed by atoms with Gasteiger partial charge in [0.15, 0.2) is 18.5 Å². The monoisotopic (exact) mass is 532 g/mol. The molecule has 35 heavy (non-hydrogen) atoms. The van der Waals surface area contributed by atoms with Crippen molar-refractivity contribution in [3.8, 4) is 0 Å². The van der Waals surface area contributed by atoms with Crippen molar-refractivity contribution in [2.75, 3.05) is 19.9 Å². The summed E-state index contributed by atoms with van der Waals surface area (Å²) in [6.45, 7) is 1.46. The number of rotatable bonds is 8. The summed E-state index contributed by atoms with van der Waals surface area (Å²) in [4.78, 5) is 25.5. The van der Waals surface area contributed by atoms with E-state index >= 15 is 0 Å². The van der Waals surface area contributed by atoms with Gasteiger partial charge in [-0.05, 0) is 16.7 Å². The van der Waals surface area contributed by atoms with Gasteiger partial charge in [0.1, 0.15) is 29.8 Å². The van der Waals surface area contributed by atoms with Crippen LogP contribution in [-0.2, 0) is 29.2 Å². The van der Waals surface area contributed by atoms with E-state index in [0.717, 1.165) is 34.1 Å². The number of aliphatic hydroxyl groups excluding tert-OH is 2. The summed E-state index contributed by atoms with van der Waals surface area (Å²) < 4.78 is 58.9. The van der Waals surface area contributed by atoms with E-state index in [1.165, 1.54) is 18.8 Å². The summed E-state index contributed by atoms with van der Waals surface area (Å²) in [5.74, 6) is -0.543. The van der Waals surface area contributed by atoms with Crippen LogP contribution in [-0.4, -0.2) is 62.8 Å². The lowest BCUT2D eigenvalue weighted by Crippen LogP contribution is -2.43. The molecular weight excluding hydrogens is 511 g/mol. The maximum Gasteiger partial charge on any atom is 0.513 e. The van der Waals surface area contributed by atoms with Crippen LogP contribution in [0.4, 0.5) is 4.39 Å². The van der Waals surface area contributed by atoms with Crippen molar-refractivity contribution in [1.82, 2.24) is 14.3 Å².